The van der Waals surface area contributed by atoms with Gasteiger partial charge in [0.05, 0.1) is 5.69 Å². The fourth-order valence-electron chi connectivity index (χ4n) is 2.01. The van der Waals surface area contributed by atoms with Crippen LogP contribution in [0.3, 0.4) is 0 Å². The van der Waals surface area contributed by atoms with Crippen LogP contribution in [0.15, 0.2) is 18.2 Å². The van der Waals surface area contributed by atoms with Gasteiger partial charge in [-0.2, -0.15) is 15.4 Å². The molecule has 3 rings (SSSR count). The number of para-hydroxylation sites is 1. The van der Waals surface area contributed by atoms with Crippen LogP contribution in [-0.2, 0) is 0 Å². The van der Waals surface area contributed by atoms with Crippen LogP contribution in [0.1, 0.15) is 0 Å². The lowest BCUT2D eigenvalue weighted by Crippen LogP contribution is -2.43. The average molecular weight is 203 g/mol. The van der Waals surface area contributed by atoms with Gasteiger partial charge >= 0.3 is 0 Å². The number of hydrogen-bond acceptors (Lipinski definition) is 4. The third-order valence-corrected chi connectivity index (χ3v) is 2.78. The van der Waals surface area contributed by atoms with E-state index >= 15 is 0 Å². The second-order valence-corrected chi connectivity index (χ2v) is 3.71. The highest BCUT2D eigenvalue weighted by molar-refractivity contribution is 5.87. The number of aromatic amines is 1. The lowest BCUT2D eigenvalue weighted by molar-refractivity contribution is 0.590. The molecular weight excluding hydrogens is 190 g/mol. The van der Waals surface area contributed by atoms with Gasteiger partial charge in [-0.25, -0.2) is 0 Å². The van der Waals surface area contributed by atoms with Gasteiger partial charge in [0, 0.05) is 26.2 Å². The van der Waals surface area contributed by atoms with Crippen LogP contribution in [0, 0.1) is 0 Å². The van der Waals surface area contributed by atoms with Gasteiger partial charge in [-0.05, 0) is 12.1 Å². The van der Waals surface area contributed by atoms with E-state index in [9.17, 15) is 0 Å². The molecule has 1 saturated heterocycles. The summed E-state index contributed by atoms with van der Waals surface area (Å²) in [4.78, 5) is 2.35. The Balaban J connectivity index is 2.05. The summed E-state index contributed by atoms with van der Waals surface area (Å²) >= 11 is 0. The van der Waals surface area contributed by atoms with Gasteiger partial charge in [0.1, 0.15) is 11.0 Å². The molecule has 5 nitrogen and oxygen atoms in total. The second kappa shape index (κ2) is 3.51. The number of nitrogens with zero attached hydrogens (tertiary/aromatic N) is 3. The molecule has 0 saturated carbocycles. The Hall–Kier alpha value is -1.62. The minimum absolute atomic E-state index is 0.936. The van der Waals surface area contributed by atoms with Gasteiger partial charge in [0.2, 0.25) is 0 Å². The molecule has 0 bridgehead atoms. The molecule has 15 heavy (non-hydrogen) atoms. The Morgan fingerprint density at radius 2 is 2.00 bits per heavy atom. The fraction of sp³-hybridized carbons (Fsp3) is 0.400. The quantitative estimate of drug-likeness (QED) is 0.703. The zero-order valence-corrected chi connectivity index (χ0v) is 8.40. The molecule has 1 aliphatic rings. The maximum absolute atomic E-state index is 4.20. The molecule has 0 radical (unpaired) electrons. The van der Waals surface area contributed by atoms with Crippen LogP contribution in [0.4, 0.5) is 5.69 Å². The van der Waals surface area contributed by atoms with Gasteiger partial charge in [0.15, 0.2) is 0 Å². The topological polar surface area (TPSA) is 56.8 Å². The largest absolute Gasteiger partial charge is 0.367 e. The van der Waals surface area contributed by atoms with Crippen LogP contribution >= 0.6 is 0 Å². The number of H-pyrrole nitrogens is 1. The summed E-state index contributed by atoms with van der Waals surface area (Å²) in [6.07, 6.45) is 0. The second-order valence-electron chi connectivity index (χ2n) is 3.71. The fourth-order valence-corrected chi connectivity index (χ4v) is 2.01. The van der Waals surface area contributed by atoms with Crippen molar-refractivity contribution in [3.8, 4) is 0 Å². The van der Waals surface area contributed by atoms with Crippen molar-refractivity contribution in [2.75, 3.05) is 31.1 Å². The Morgan fingerprint density at radius 1 is 1.13 bits per heavy atom. The minimum atomic E-state index is 0.936. The van der Waals surface area contributed by atoms with Crippen molar-refractivity contribution >= 4 is 16.7 Å². The zero-order chi connectivity index (χ0) is 10.1. The Labute approximate surface area is 87.5 Å². The van der Waals surface area contributed by atoms with Crippen LogP contribution in [0.5, 0.6) is 0 Å². The van der Waals surface area contributed by atoms with Crippen molar-refractivity contribution in [1.82, 2.24) is 20.7 Å². The van der Waals surface area contributed by atoms with Crippen LogP contribution < -0.4 is 10.2 Å². The summed E-state index contributed by atoms with van der Waals surface area (Å²) in [6, 6.07) is 6.11. The first-order valence-electron chi connectivity index (χ1n) is 5.20. The Morgan fingerprint density at radius 3 is 2.87 bits per heavy atom. The Kier molecular flexibility index (Phi) is 2.03. The summed E-state index contributed by atoms with van der Waals surface area (Å²) in [6.45, 7) is 4.14. The Bertz CT molecular complexity index is 458. The molecule has 1 aromatic carbocycles. The van der Waals surface area contributed by atoms with E-state index < -0.39 is 0 Å². The molecule has 0 spiro atoms. The third-order valence-electron chi connectivity index (χ3n) is 2.78. The summed E-state index contributed by atoms with van der Waals surface area (Å²) in [5.74, 6) is 0. The molecule has 2 heterocycles. The van der Waals surface area contributed by atoms with Crippen molar-refractivity contribution < 1.29 is 0 Å². The molecule has 1 aromatic heterocycles. The molecule has 78 valence electrons. The molecule has 1 aliphatic heterocycles. The average Bonchev–Trinajstić information content (AvgIpc) is 2.78. The molecule has 0 atom stereocenters. The van der Waals surface area contributed by atoms with Crippen LogP contribution in [-0.4, -0.2) is 41.6 Å². The van der Waals surface area contributed by atoms with Gasteiger partial charge in [-0.15, -0.1) is 0 Å². The standard InChI is InChI=1S/C10H13N5/c1-2-8-10(13-14-12-8)9(3-1)15-6-4-11-5-7-15/h1-3,11H,4-7H2,(H,12,13,14). The van der Waals surface area contributed by atoms with E-state index in [0.29, 0.717) is 0 Å². The normalized spacial score (nSPS) is 17.2. The molecule has 0 aliphatic carbocycles. The minimum Gasteiger partial charge on any atom is -0.367 e. The number of benzene rings is 1. The first-order valence-corrected chi connectivity index (χ1v) is 5.20. The van der Waals surface area contributed by atoms with Crippen molar-refractivity contribution in [2.45, 2.75) is 0 Å². The molecule has 0 unspecified atom stereocenters. The highest BCUT2D eigenvalue weighted by atomic mass is 15.3. The summed E-state index contributed by atoms with van der Waals surface area (Å²) in [5, 5.41) is 14.3. The summed E-state index contributed by atoms with van der Waals surface area (Å²) in [7, 11) is 0. The van der Waals surface area contributed by atoms with Gasteiger partial charge in [0.25, 0.3) is 0 Å². The number of aromatic nitrogens is 3. The number of rotatable bonds is 1. The maximum Gasteiger partial charge on any atom is 0.136 e. The van der Waals surface area contributed by atoms with Gasteiger partial charge in [-0.1, -0.05) is 6.07 Å². The first-order chi connectivity index (χ1) is 7.45. The van der Waals surface area contributed by atoms with Crippen LogP contribution in [0.25, 0.3) is 11.0 Å². The molecule has 1 fully saturated rings. The number of hydrogen-bond donors (Lipinski definition) is 2. The van der Waals surface area contributed by atoms with Gasteiger partial charge < -0.3 is 10.2 Å². The molecule has 2 aromatic rings. The van der Waals surface area contributed by atoms with Crippen molar-refractivity contribution in [3.63, 3.8) is 0 Å². The number of fused-ring (bicyclic) bond motifs is 1. The molecular formula is C10H13N5. The highest BCUT2D eigenvalue weighted by Gasteiger charge is 2.14. The highest BCUT2D eigenvalue weighted by Crippen LogP contribution is 2.23. The molecule has 5 heteroatoms. The van der Waals surface area contributed by atoms with E-state index in [-0.39, 0.29) is 0 Å². The van der Waals surface area contributed by atoms with Gasteiger partial charge in [-0.3, -0.25) is 0 Å². The molecule has 2 N–H and O–H groups in total. The summed E-state index contributed by atoms with van der Waals surface area (Å²) in [5.41, 5.74) is 3.09. The summed E-state index contributed by atoms with van der Waals surface area (Å²) < 4.78 is 0. The SMILES string of the molecule is c1cc(N2CCNCC2)c2n[nH]nc2c1. The molecule has 0 amide bonds. The van der Waals surface area contributed by atoms with E-state index in [1.807, 2.05) is 12.1 Å². The predicted octanol–water partition coefficient (Wildman–Crippen LogP) is 0.367. The van der Waals surface area contributed by atoms with E-state index in [4.69, 9.17) is 0 Å². The van der Waals surface area contributed by atoms with E-state index in [2.05, 4.69) is 31.7 Å². The maximum atomic E-state index is 4.20. The van der Waals surface area contributed by atoms with Crippen molar-refractivity contribution in [1.29, 1.82) is 0 Å². The lowest BCUT2D eigenvalue weighted by Gasteiger charge is -2.29. The predicted molar refractivity (Wildman–Crippen MR) is 59.0 cm³/mol. The first kappa shape index (κ1) is 8.67. The zero-order valence-electron chi connectivity index (χ0n) is 8.40. The smallest absolute Gasteiger partial charge is 0.136 e. The van der Waals surface area contributed by atoms with Crippen molar-refractivity contribution in [3.05, 3.63) is 18.2 Å². The monoisotopic (exact) mass is 203 g/mol. The van der Waals surface area contributed by atoms with E-state index in [1.54, 1.807) is 0 Å². The van der Waals surface area contributed by atoms with E-state index in [1.165, 1.54) is 5.69 Å². The lowest BCUT2D eigenvalue weighted by atomic mass is 10.2. The van der Waals surface area contributed by atoms with Crippen LogP contribution in [0.2, 0.25) is 0 Å². The van der Waals surface area contributed by atoms with E-state index in [0.717, 1.165) is 37.2 Å². The number of anilines is 1. The number of nitrogens with one attached hydrogen (secondary N) is 2. The number of piperazine rings is 1. The third kappa shape index (κ3) is 1.45. The van der Waals surface area contributed by atoms with Crippen molar-refractivity contribution in [2.24, 2.45) is 0 Å².